The van der Waals surface area contributed by atoms with Gasteiger partial charge >= 0.3 is 0 Å². The quantitative estimate of drug-likeness (QED) is 0.910. The molecule has 1 N–H and O–H groups in total. The predicted molar refractivity (Wildman–Crippen MR) is 82.0 cm³/mol. The highest BCUT2D eigenvalue weighted by molar-refractivity contribution is 7.91. The number of benzene rings is 1. The third kappa shape index (κ3) is 2.83. The van der Waals surface area contributed by atoms with E-state index in [9.17, 15) is 8.42 Å². The molecule has 1 aromatic carbocycles. The number of hydrogen-bond donors (Lipinski definition) is 1. The number of hydrogen-bond acceptors (Lipinski definition) is 4. The van der Waals surface area contributed by atoms with Crippen molar-refractivity contribution in [2.45, 2.75) is 31.8 Å². The molecule has 0 saturated carbocycles. The van der Waals surface area contributed by atoms with E-state index in [-0.39, 0.29) is 17.5 Å². The Bertz CT molecular complexity index is 585. The van der Waals surface area contributed by atoms with Crippen molar-refractivity contribution in [1.29, 1.82) is 0 Å². The van der Waals surface area contributed by atoms with Crippen molar-refractivity contribution in [2.75, 3.05) is 29.5 Å². The lowest BCUT2D eigenvalue weighted by Crippen LogP contribution is -2.46. The molecule has 2 heterocycles. The van der Waals surface area contributed by atoms with Crippen molar-refractivity contribution in [1.82, 2.24) is 5.32 Å². The molecule has 0 aromatic heterocycles. The van der Waals surface area contributed by atoms with Gasteiger partial charge in [-0.1, -0.05) is 18.2 Å². The summed E-state index contributed by atoms with van der Waals surface area (Å²) in [4.78, 5) is 2.41. The number of nitrogens with zero attached hydrogens (tertiary/aromatic N) is 1. The van der Waals surface area contributed by atoms with Gasteiger partial charge < -0.3 is 10.2 Å². The third-order valence-electron chi connectivity index (χ3n) is 4.37. The minimum absolute atomic E-state index is 0.105. The van der Waals surface area contributed by atoms with Crippen LogP contribution < -0.4 is 10.2 Å². The number of fused-ring (bicyclic) bond motifs is 1. The molecule has 110 valence electrons. The zero-order valence-electron chi connectivity index (χ0n) is 11.9. The lowest BCUT2D eigenvalue weighted by Gasteiger charge is -2.29. The maximum Gasteiger partial charge on any atom is 0.153 e. The second kappa shape index (κ2) is 5.37. The zero-order chi connectivity index (χ0) is 14.2. The third-order valence-corrected chi connectivity index (χ3v) is 6.10. The maximum atomic E-state index is 11.7. The first kappa shape index (κ1) is 13.9. The van der Waals surface area contributed by atoms with E-state index in [2.05, 4.69) is 41.4 Å². The number of anilines is 1. The van der Waals surface area contributed by atoms with Gasteiger partial charge in [-0.2, -0.15) is 0 Å². The number of para-hydroxylation sites is 1. The summed E-state index contributed by atoms with van der Waals surface area (Å²) < 4.78 is 23.3. The molecule has 4 nitrogen and oxygen atoms in total. The van der Waals surface area contributed by atoms with Crippen LogP contribution in [0.15, 0.2) is 24.3 Å². The van der Waals surface area contributed by atoms with Gasteiger partial charge in [0.15, 0.2) is 9.84 Å². The average molecular weight is 294 g/mol. The van der Waals surface area contributed by atoms with E-state index in [0.717, 1.165) is 19.4 Å². The average Bonchev–Trinajstić information content (AvgIpc) is 2.71. The van der Waals surface area contributed by atoms with Gasteiger partial charge in [0.2, 0.25) is 0 Å². The van der Waals surface area contributed by atoms with Gasteiger partial charge in [0, 0.05) is 30.9 Å². The van der Waals surface area contributed by atoms with Gasteiger partial charge in [-0.25, -0.2) is 8.42 Å². The molecule has 2 atom stereocenters. The smallest absolute Gasteiger partial charge is 0.153 e. The summed E-state index contributed by atoms with van der Waals surface area (Å²) in [5.41, 5.74) is 2.72. The topological polar surface area (TPSA) is 49.4 Å². The van der Waals surface area contributed by atoms with Crippen LogP contribution in [0.1, 0.15) is 18.9 Å². The molecule has 0 aliphatic carbocycles. The molecule has 5 heteroatoms. The van der Waals surface area contributed by atoms with E-state index >= 15 is 0 Å². The summed E-state index contributed by atoms with van der Waals surface area (Å²) in [6.07, 6.45) is 1.98. The molecule has 2 aliphatic rings. The van der Waals surface area contributed by atoms with Gasteiger partial charge in [-0.3, -0.25) is 0 Å². The first-order valence-corrected chi connectivity index (χ1v) is 9.16. The van der Waals surface area contributed by atoms with Crippen molar-refractivity contribution in [3.63, 3.8) is 0 Å². The van der Waals surface area contributed by atoms with Crippen LogP contribution in [0.5, 0.6) is 0 Å². The van der Waals surface area contributed by atoms with Crippen LogP contribution in [0.2, 0.25) is 0 Å². The molecule has 2 unspecified atom stereocenters. The molecule has 0 amide bonds. The summed E-state index contributed by atoms with van der Waals surface area (Å²) in [6.45, 7) is 3.76. The highest BCUT2D eigenvalue weighted by atomic mass is 32.2. The minimum atomic E-state index is -2.83. The second-order valence-electron chi connectivity index (χ2n) is 5.93. The summed E-state index contributed by atoms with van der Waals surface area (Å²) in [7, 11) is -2.83. The fourth-order valence-electron chi connectivity index (χ4n) is 3.32. The number of nitrogens with one attached hydrogen (secondary N) is 1. The van der Waals surface area contributed by atoms with Crippen molar-refractivity contribution in [3.8, 4) is 0 Å². The first-order valence-electron chi connectivity index (χ1n) is 7.33. The second-order valence-corrected chi connectivity index (χ2v) is 8.16. The van der Waals surface area contributed by atoms with Gasteiger partial charge in [-0.15, -0.1) is 0 Å². The SMILES string of the molecule is CC1Cc2ccccc2N1CCC1CS(=O)(=O)CCN1. The summed E-state index contributed by atoms with van der Waals surface area (Å²) in [6, 6.07) is 9.14. The van der Waals surface area contributed by atoms with Crippen LogP contribution in [-0.2, 0) is 16.3 Å². The largest absolute Gasteiger partial charge is 0.368 e. The molecule has 0 bridgehead atoms. The molecule has 2 aliphatic heterocycles. The zero-order valence-corrected chi connectivity index (χ0v) is 12.7. The Hall–Kier alpha value is -1.07. The standard InChI is InChI=1S/C15H22N2O2S/c1-12-10-13-4-2-3-5-15(13)17(12)8-6-14-11-20(18,19)9-7-16-14/h2-5,12,14,16H,6-11H2,1H3. The molecule has 1 saturated heterocycles. The van der Waals surface area contributed by atoms with E-state index in [1.807, 2.05) is 0 Å². The maximum absolute atomic E-state index is 11.7. The lowest BCUT2D eigenvalue weighted by atomic mass is 10.1. The highest BCUT2D eigenvalue weighted by Gasteiger charge is 2.28. The Morgan fingerprint density at radius 3 is 2.95 bits per heavy atom. The Morgan fingerprint density at radius 1 is 1.35 bits per heavy atom. The Kier molecular flexibility index (Phi) is 3.73. The van der Waals surface area contributed by atoms with Crippen molar-refractivity contribution < 1.29 is 8.42 Å². The summed E-state index contributed by atoms with van der Waals surface area (Å²) in [5, 5.41) is 3.33. The van der Waals surface area contributed by atoms with E-state index in [4.69, 9.17) is 0 Å². The van der Waals surface area contributed by atoms with Crippen LogP contribution >= 0.6 is 0 Å². The highest BCUT2D eigenvalue weighted by Crippen LogP contribution is 2.31. The molecule has 20 heavy (non-hydrogen) atoms. The number of sulfone groups is 1. The van der Waals surface area contributed by atoms with E-state index in [1.54, 1.807) is 0 Å². The van der Waals surface area contributed by atoms with E-state index in [1.165, 1.54) is 11.3 Å². The van der Waals surface area contributed by atoms with Crippen LogP contribution in [0.25, 0.3) is 0 Å². The monoisotopic (exact) mass is 294 g/mol. The molecule has 0 spiro atoms. The fourth-order valence-corrected chi connectivity index (χ4v) is 4.81. The predicted octanol–water partition coefficient (Wildman–Crippen LogP) is 1.21. The van der Waals surface area contributed by atoms with E-state index < -0.39 is 9.84 Å². The van der Waals surface area contributed by atoms with Crippen LogP contribution in [0, 0.1) is 0 Å². The fraction of sp³-hybridized carbons (Fsp3) is 0.600. The van der Waals surface area contributed by atoms with Gasteiger partial charge in [0.05, 0.1) is 11.5 Å². The van der Waals surface area contributed by atoms with Gasteiger partial charge in [-0.05, 0) is 31.4 Å². The molecule has 1 aromatic rings. The van der Waals surface area contributed by atoms with Crippen molar-refractivity contribution in [3.05, 3.63) is 29.8 Å². The summed E-state index contributed by atoms with van der Waals surface area (Å²) in [5.74, 6) is 0.573. The first-order chi connectivity index (χ1) is 9.55. The van der Waals surface area contributed by atoms with Crippen LogP contribution in [0.3, 0.4) is 0 Å². The van der Waals surface area contributed by atoms with Crippen LogP contribution in [0.4, 0.5) is 5.69 Å². The molecule has 3 rings (SSSR count). The Morgan fingerprint density at radius 2 is 2.15 bits per heavy atom. The van der Waals surface area contributed by atoms with Crippen molar-refractivity contribution >= 4 is 15.5 Å². The van der Waals surface area contributed by atoms with Gasteiger partial charge in [0.1, 0.15) is 0 Å². The van der Waals surface area contributed by atoms with Crippen LogP contribution in [-0.4, -0.2) is 45.1 Å². The Balaban J connectivity index is 1.64. The van der Waals surface area contributed by atoms with Crippen molar-refractivity contribution in [2.24, 2.45) is 0 Å². The Labute approximate surface area is 121 Å². The molecule has 1 fully saturated rings. The van der Waals surface area contributed by atoms with E-state index in [0.29, 0.717) is 12.6 Å². The minimum Gasteiger partial charge on any atom is -0.368 e. The lowest BCUT2D eigenvalue weighted by molar-refractivity contribution is 0.487. The molecular formula is C15H22N2O2S. The van der Waals surface area contributed by atoms with Gasteiger partial charge in [0.25, 0.3) is 0 Å². The number of rotatable bonds is 3. The normalized spacial score (nSPS) is 28.4. The molecular weight excluding hydrogens is 272 g/mol. The summed E-state index contributed by atoms with van der Waals surface area (Å²) >= 11 is 0. The molecule has 0 radical (unpaired) electrons.